The summed E-state index contributed by atoms with van der Waals surface area (Å²) < 4.78 is 65.7. The molecule has 0 amide bonds. The van der Waals surface area contributed by atoms with Gasteiger partial charge in [-0.25, -0.2) is 0 Å². The van der Waals surface area contributed by atoms with Crippen LogP contribution in [-0.2, 0) is 20.2 Å². The van der Waals surface area contributed by atoms with Crippen molar-refractivity contribution < 1.29 is 35.8 Å². The van der Waals surface area contributed by atoms with Gasteiger partial charge in [0.25, 0.3) is 0 Å². The van der Waals surface area contributed by atoms with Gasteiger partial charge in [0, 0.05) is 21.5 Å². The van der Waals surface area contributed by atoms with Crippen LogP contribution in [0.15, 0.2) is 119 Å². The maximum atomic E-state index is 13.7. The number of hydrogen-bond acceptors (Lipinski definition) is 8. The molecule has 6 rings (SSSR count). The van der Waals surface area contributed by atoms with E-state index in [2.05, 4.69) is 0 Å². The van der Waals surface area contributed by atoms with Gasteiger partial charge < -0.3 is 24.7 Å². The number of hydrogen-bond donors (Lipinski definition) is 2. The van der Waals surface area contributed by atoms with E-state index < -0.39 is 35.8 Å². The fraction of sp³-hybridized carbons (Fsp3) is 0. The molecule has 5 N–H and O–H groups in total. The molecule has 0 aliphatic heterocycles. The summed E-state index contributed by atoms with van der Waals surface area (Å²) in [7, 11) is -9.33. The Balaban J connectivity index is 0.00000202. The molecular formula is C30H24NNaO8S2. The Morgan fingerprint density at radius 3 is 1.55 bits per heavy atom. The number of benzene rings is 6. The first kappa shape index (κ1) is 31.1. The molecule has 0 unspecified atom stereocenters. The summed E-state index contributed by atoms with van der Waals surface area (Å²) in [4.78, 5) is -1.13. The average molecular weight is 614 g/mol. The summed E-state index contributed by atoms with van der Waals surface area (Å²) in [5, 5.41) is 13.0. The van der Waals surface area contributed by atoms with E-state index in [0.29, 0.717) is 10.8 Å². The van der Waals surface area contributed by atoms with Gasteiger partial charge in [0.2, 0.25) is 0 Å². The predicted octanol–water partition coefficient (Wildman–Crippen LogP) is 4.50. The monoisotopic (exact) mass is 613 g/mol. The summed E-state index contributed by atoms with van der Waals surface area (Å²) in [6, 6.07) is 29.0. The van der Waals surface area contributed by atoms with Crippen LogP contribution in [0.25, 0.3) is 32.3 Å². The van der Waals surface area contributed by atoms with Gasteiger partial charge in [-0.15, -0.1) is 0 Å². The summed E-state index contributed by atoms with van der Waals surface area (Å²) in [5.41, 5.74) is 5.89. The van der Waals surface area contributed by atoms with Crippen LogP contribution >= 0.6 is 0 Å². The van der Waals surface area contributed by atoms with Gasteiger partial charge in [-0.2, -0.15) is 16.8 Å². The molecule has 0 aliphatic carbocycles. The Kier molecular flexibility index (Phi) is 8.74. The Bertz CT molecular complexity index is 2180. The van der Waals surface area contributed by atoms with Crippen LogP contribution in [0.3, 0.4) is 0 Å². The SMILES string of the molecule is Nc1c(S(=O)(=O)Oc2cccc3ccccc23)cc(S(=O)(=O)Oc2cccc3ccccc23)c2cccc(O)c12.O.[NaH]. The third-order valence-corrected chi connectivity index (χ3v) is 9.09. The van der Waals surface area contributed by atoms with Gasteiger partial charge in [0.1, 0.15) is 15.5 Å². The second-order valence-electron chi connectivity index (χ2n) is 9.02. The maximum absolute atomic E-state index is 13.7. The number of aromatic hydroxyl groups is 1. The number of phenols is 1. The molecule has 0 fully saturated rings. The topological polar surface area (TPSA) is 164 Å². The fourth-order valence-corrected chi connectivity index (χ4v) is 7.06. The minimum absolute atomic E-state index is 0. The quantitative estimate of drug-likeness (QED) is 0.158. The summed E-state index contributed by atoms with van der Waals surface area (Å²) in [6.07, 6.45) is 0. The van der Waals surface area contributed by atoms with Crippen LogP contribution in [-0.4, -0.2) is 57.0 Å². The molecular weight excluding hydrogens is 589 g/mol. The summed E-state index contributed by atoms with van der Waals surface area (Å²) >= 11 is 0. The predicted molar refractivity (Wildman–Crippen MR) is 164 cm³/mol. The standard InChI is InChI=1S/C30H21NO7S2.Na.H2O.H/c31-30-28(40(35,36)38-26-17-6-11-20-9-2-4-13-22(20)26)18-27(23-14-7-15-24(32)29(23)30)39(33,34)37-25-16-5-10-19-8-1-3-12-21(19)25;;;/h1-18,32H,31H2;;1H2;. The third-order valence-electron chi connectivity index (χ3n) is 6.54. The summed E-state index contributed by atoms with van der Waals surface area (Å²) in [6.45, 7) is 0. The Hall–Kier alpha value is -3.84. The molecule has 210 valence electrons. The van der Waals surface area contributed by atoms with Gasteiger partial charge in [0.15, 0.2) is 11.5 Å². The van der Waals surface area contributed by atoms with Crippen LogP contribution in [0.2, 0.25) is 0 Å². The van der Waals surface area contributed by atoms with Gasteiger partial charge in [-0.3, -0.25) is 0 Å². The van der Waals surface area contributed by atoms with E-state index in [4.69, 9.17) is 14.1 Å². The van der Waals surface area contributed by atoms with E-state index in [1.165, 1.54) is 30.3 Å². The van der Waals surface area contributed by atoms with Crippen molar-refractivity contribution in [3.63, 3.8) is 0 Å². The Labute approximate surface area is 264 Å². The van der Waals surface area contributed by atoms with Crippen molar-refractivity contribution in [2.45, 2.75) is 9.79 Å². The molecule has 0 bridgehead atoms. The molecule has 6 aromatic carbocycles. The first-order chi connectivity index (χ1) is 19.2. The van der Waals surface area contributed by atoms with Crippen molar-refractivity contribution in [2.24, 2.45) is 0 Å². The molecule has 9 nitrogen and oxygen atoms in total. The number of fused-ring (bicyclic) bond motifs is 3. The molecule has 0 spiro atoms. The van der Waals surface area contributed by atoms with E-state index in [1.807, 2.05) is 6.07 Å². The molecule has 0 atom stereocenters. The van der Waals surface area contributed by atoms with Crippen LogP contribution in [0.4, 0.5) is 5.69 Å². The molecule has 0 heterocycles. The fourth-order valence-electron chi connectivity index (χ4n) is 4.70. The van der Waals surface area contributed by atoms with Crippen molar-refractivity contribution in [3.8, 4) is 17.2 Å². The van der Waals surface area contributed by atoms with E-state index in [0.717, 1.165) is 16.8 Å². The molecule has 42 heavy (non-hydrogen) atoms. The van der Waals surface area contributed by atoms with Crippen molar-refractivity contribution >= 4 is 87.8 Å². The van der Waals surface area contributed by atoms with Gasteiger partial charge in [0.05, 0.1) is 5.69 Å². The van der Waals surface area contributed by atoms with E-state index >= 15 is 0 Å². The van der Waals surface area contributed by atoms with Crippen molar-refractivity contribution in [3.05, 3.63) is 109 Å². The molecule has 0 saturated carbocycles. The molecule has 6 aromatic rings. The van der Waals surface area contributed by atoms with Crippen molar-refractivity contribution in [2.75, 3.05) is 5.73 Å². The minimum atomic E-state index is -4.69. The molecule has 12 heteroatoms. The molecule has 0 radical (unpaired) electrons. The zero-order valence-electron chi connectivity index (χ0n) is 21.2. The van der Waals surface area contributed by atoms with Crippen LogP contribution in [0, 0.1) is 0 Å². The first-order valence-electron chi connectivity index (χ1n) is 12.0. The van der Waals surface area contributed by atoms with Crippen LogP contribution in [0.5, 0.6) is 17.2 Å². The molecule has 0 aliphatic rings. The zero-order chi connectivity index (χ0) is 28.1. The van der Waals surface area contributed by atoms with E-state index in [-0.39, 0.29) is 63.0 Å². The second-order valence-corrected chi connectivity index (χ2v) is 12.0. The Morgan fingerprint density at radius 2 is 1.00 bits per heavy atom. The van der Waals surface area contributed by atoms with E-state index in [9.17, 15) is 21.9 Å². The molecule has 0 aromatic heterocycles. The van der Waals surface area contributed by atoms with Crippen LogP contribution in [0.1, 0.15) is 0 Å². The third kappa shape index (κ3) is 5.50. The average Bonchev–Trinajstić information content (AvgIpc) is 2.93. The van der Waals surface area contributed by atoms with Gasteiger partial charge >= 0.3 is 49.8 Å². The first-order valence-corrected chi connectivity index (χ1v) is 14.9. The Morgan fingerprint density at radius 1 is 0.571 bits per heavy atom. The number of nitrogens with two attached hydrogens (primary N) is 1. The van der Waals surface area contributed by atoms with Crippen LogP contribution < -0.4 is 14.1 Å². The van der Waals surface area contributed by atoms with Gasteiger partial charge in [-0.1, -0.05) is 84.9 Å². The normalized spacial score (nSPS) is 11.5. The van der Waals surface area contributed by atoms with Crippen molar-refractivity contribution in [1.82, 2.24) is 0 Å². The number of phenolic OH excluding ortho intramolecular Hbond substituents is 1. The molecule has 0 saturated heterocycles. The van der Waals surface area contributed by atoms with Crippen molar-refractivity contribution in [1.29, 1.82) is 0 Å². The summed E-state index contributed by atoms with van der Waals surface area (Å²) in [5.74, 6) is -0.315. The second kappa shape index (κ2) is 11.8. The van der Waals surface area contributed by atoms with E-state index in [1.54, 1.807) is 66.7 Å². The van der Waals surface area contributed by atoms with Gasteiger partial charge in [-0.05, 0) is 35.0 Å². The number of nitrogen functional groups attached to an aromatic ring is 1. The zero-order valence-corrected chi connectivity index (χ0v) is 22.8. The number of rotatable bonds is 6. The number of anilines is 1.